The minimum atomic E-state index is -4.33. The van der Waals surface area contributed by atoms with E-state index in [9.17, 15) is 13.2 Å². The van der Waals surface area contributed by atoms with E-state index >= 15 is 0 Å². The third-order valence-electron chi connectivity index (χ3n) is 2.88. The van der Waals surface area contributed by atoms with Crippen molar-refractivity contribution in [3.8, 4) is 11.1 Å². The molecule has 0 aliphatic rings. The average molecular weight is 329 g/mol. The van der Waals surface area contributed by atoms with E-state index in [0.717, 1.165) is 23.4 Å². The molecule has 0 heterocycles. The number of hydrogen-bond donors (Lipinski definition) is 0. The van der Waals surface area contributed by atoms with Crippen molar-refractivity contribution in [2.24, 2.45) is 0 Å². The summed E-state index contributed by atoms with van der Waals surface area (Å²) < 4.78 is 38.8. The summed E-state index contributed by atoms with van der Waals surface area (Å²) in [5.41, 5.74) is 1.32. The van der Waals surface area contributed by atoms with Crippen molar-refractivity contribution in [2.75, 3.05) is 5.33 Å². The quantitative estimate of drug-likeness (QED) is 0.670. The van der Waals surface area contributed by atoms with Crippen molar-refractivity contribution >= 4 is 15.9 Å². The molecular formula is C15H12BrF3. The molecule has 0 nitrogen and oxygen atoms in total. The van der Waals surface area contributed by atoms with Crippen LogP contribution in [0.2, 0.25) is 0 Å². The van der Waals surface area contributed by atoms with E-state index < -0.39 is 11.7 Å². The summed E-state index contributed by atoms with van der Waals surface area (Å²) in [6.07, 6.45) is -3.47. The Kier molecular flexibility index (Phi) is 4.30. The predicted octanol–water partition coefficient (Wildman–Crippen LogP) is 5.31. The van der Waals surface area contributed by atoms with Gasteiger partial charge in [-0.1, -0.05) is 58.4 Å². The molecule has 0 saturated carbocycles. The highest BCUT2D eigenvalue weighted by molar-refractivity contribution is 9.09. The largest absolute Gasteiger partial charge is 0.417 e. The van der Waals surface area contributed by atoms with Gasteiger partial charge in [0, 0.05) is 5.33 Å². The van der Waals surface area contributed by atoms with Gasteiger partial charge in [0.25, 0.3) is 0 Å². The molecule has 0 aromatic heterocycles. The van der Waals surface area contributed by atoms with E-state index in [0.29, 0.717) is 5.56 Å². The van der Waals surface area contributed by atoms with Gasteiger partial charge in [0.2, 0.25) is 0 Å². The molecule has 0 radical (unpaired) electrons. The molecule has 0 fully saturated rings. The van der Waals surface area contributed by atoms with Crippen LogP contribution in [0.5, 0.6) is 0 Å². The molecular weight excluding hydrogens is 317 g/mol. The smallest absolute Gasteiger partial charge is 0.166 e. The number of aryl methyl sites for hydroxylation is 1. The SMILES string of the molecule is FC(F)(F)c1ccccc1-c1ccc(CCBr)cc1. The van der Waals surface area contributed by atoms with Gasteiger partial charge >= 0.3 is 6.18 Å². The van der Waals surface area contributed by atoms with Crippen LogP contribution in [-0.4, -0.2) is 5.33 Å². The van der Waals surface area contributed by atoms with Gasteiger partial charge in [0.05, 0.1) is 5.56 Å². The summed E-state index contributed by atoms with van der Waals surface area (Å²) in [5.74, 6) is 0. The summed E-state index contributed by atoms with van der Waals surface area (Å²) in [6, 6.07) is 12.9. The maximum atomic E-state index is 12.9. The predicted molar refractivity (Wildman–Crippen MR) is 74.4 cm³/mol. The molecule has 0 atom stereocenters. The molecule has 0 amide bonds. The molecule has 100 valence electrons. The molecule has 0 aliphatic heterocycles. The van der Waals surface area contributed by atoms with Crippen molar-refractivity contribution < 1.29 is 13.2 Å². The summed E-state index contributed by atoms with van der Waals surface area (Å²) >= 11 is 3.34. The van der Waals surface area contributed by atoms with Crippen molar-refractivity contribution in [2.45, 2.75) is 12.6 Å². The molecule has 2 aromatic carbocycles. The van der Waals surface area contributed by atoms with E-state index in [1.807, 2.05) is 12.1 Å². The second-order valence-electron chi connectivity index (χ2n) is 4.18. The van der Waals surface area contributed by atoms with Crippen LogP contribution in [0.25, 0.3) is 11.1 Å². The maximum Gasteiger partial charge on any atom is 0.417 e. The molecule has 2 aromatic rings. The fourth-order valence-corrected chi connectivity index (χ4v) is 2.40. The summed E-state index contributed by atoms with van der Waals surface area (Å²) in [4.78, 5) is 0. The molecule has 0 N–H and O–H groups in total. The third kappa shape index (κ3) is 3.38. The molecule has 2 rings (SSSR count). The van der Waals surface area contributed by atoms with E-state index in [-0.39, 0.29) is 5.56 Å². The van der Waals surface area contributed by atoms with Gasteiger partial charge in [-0.2, -0.15) is 13.2 Å². The zero-order valence-corrected chi connectivity index (χ0v) is 11.6. The van der Waals surface area contributed by atoms with Crippen LogP contribution in [0.4, 0.5) is 13.2 Å². The molecule has 0 bridgehead atoms. The summed E-state index contributed by atoms with van der Waals surface area (Å²) in [5, 5.41) is 0.839. The molecule has 0 spiro atoms. The van der Waals surface area contributed by atoms with Gasteiger partial charge in [-0.25, -0.2) is 0 Å². The lowest BCUT2D eigenvalue weighted by Gasteiger charge is -2.13. The first-order valence-corrected chi connectivity index (χ1v) is 6.96. The highest BCUT2D eigenvalue weighted by Gasteiger charge is 2.33. The maximum absolute atomic E-state index is 12.9. The number of benzene rings is 2. The van der Waals surface area contributed by atoms with Gasteiger partial charge in [-0.3, -0.25) is 0 Å². The second-order valence-corrected chi connectivity index (χ2v) is 4.97. The number of rotatable bonds is 3. The van der Waals surface area contributed by atoms with Gasteiger partial charge in [-0.05, 0) is 29.2 Å². The number of alkyl halides is 4. The lowest BCUT2D eigenvalue weighted by atomic mass is 9.98. The van der Waals surface area contributed by atoms with Crippen LogP contribution < -0.4 is 0 Å². The summed E-state index contributed by atoms with van der Waals surface area (Å²) in [6.45, 7) is 0. The number of hydrogen-bond acceptors (Lipinski definition) is 0. The standard InChI is InChI=1S/C15H12BrF3/c16-10-9-11-5-7-12(8-6-11)13-3-1-2-4-14(13)15(17,18)19/h1-8H,9-10H2. The zero-order valence-electron chi connectivity index (χ0n) is 10.0. The highest BCUT2D eigenvalue weighted by atomic mass is 79.9. The van der Waals surface area contributed by atoms with Gasteiger partial charge in [0.15, 0.2) is 0 Å². The first-order valence-electron chi connectivity index (χ1n) is 5.84. The van der Waals surface area contributed by atoms with Crippen LogP contribution in [0, 0.1) is 0 Å². The lowest BCUT2D eigenvalue weighted by molar-refractivity contribution is -0.137. The first-order chi connectivity index (χ1) is 9.02. The minimum absolute atomic E-state index is 0.223. The van der Waals surface area contributed by atoms with Crippen molar-refractivity contribution in [1.29, 1.82) is 0 Å². The Balaban J connectivity index is 2.42. The van der Waals surface area contributed by atoms with E-state index in [1.54, 1.807) is 18.2 Å². The Morgan fingerprint density at radius 2 is 1.53 bits per heavy atom. The van der Waals surface area contributed by atoms with Crippen LogP contribution in [-0.2, 0) is 12.6 Å². The fraction of sp³-hybridized carbons (Fsp3) is 0.200. The minimum Gasteiger partial charge on any atom is -0.166 e. The second kappa shape index (κ2) is 5.78. The van der Waals surface area contributed by atoms with E-state index in [4.69, 9.17) is 0 Å². The molecule has 4 heteroatoms. The fourth-order valence-electron chi connectivity index (χ4n) is 1.94. The Morgan fingerprint density at radius 3 is 2.11 bits per heavy atom. The summed E-state index contributed by atoms with van der Waals surface area (Å²) in [7, 11) is 0. The van der Waals surface area contributed by atoms with Crippen molar-refractivity contribution in [3.63, 3.8) is 0 Å². The van der Waals surface area contributed by atoms with Crippen LogP contribution in [0.3, 0.4) is 0 Å². The van der Waals surface area contributed by atoms with Crippen LogP contribution in [0.15, 0.2) is 48.5 Å². The molecule has 0 saturated heterocycles. The molecule has 0 aliphatic carbocycles. The van der Waals surface area contributed by atoms with E-state index in [1.165, 1.54) is 12.1 Å². The Bertz CT molecular complexity index is 544. The van der Waals surface area contributed by atoms with Crippen molar-refractivity contribution in [1.82, 2.24) is 0 Å². The van der Waals surface area contributed by atoms with E-state index in [2.05, 4.69) is 15.9 Å². The topological polar surface area (TPSA) is 0 Å². The zero-order chi connectivity index (χ0) is 13.9. The lowest BCUT2D eigenvalue weighted by Crippen LogP contribution is -2.06. The van der Waals surface area contributed by atoms with Gasteiger partial charge in [-0.15, -0.1) is 0 Å². The highest BCUT2D eigenvalue weighted by Crippen LogP contribution is 2.36. The Hall–Kier alpha value is -1.29. The molecule has 19 heavy (non-hydrogen) atoms. The van der Waals surface area contributed by atoms with Crippen LogP contribution in [0.1, 0.15) is 11.1 Å². The average Bonchev–Trinajstić information content (AvgIpc) is 2.39. The monoisotopic (exact) mass is 328 g/mol. The van der Waals surface area contributed by atoms with Crippen LogP contribution >= 0.6 is 15.9 Å². The van der Waals surface area contributed by atoms with Crippen molar-refractivity contribution in [3.05, 3.63) is 59.7 Å². The third-order valence-corrected chi connectivity index (χ3v) is 3.28. The molecule has 0 unspecified atom stereocenters. The van der Waals surface area contributed by atoms with Gasteiger partial charge < -0.3 is 0 Å². The normalized spacial score (nSPS) is 11.6. The Labute approximate surface area is 118 Å². The van der Waals surface area contributed by atoms with Gasteiger partial charge in [0.1, 0.15) is 0 Å². The Morgan fingerprint density at radius 1 is 0.895 bits per heavy atom. The first kappa shape index (κ1) is 14.1. The number of halogens is 4.